The van der Waals surface area contributed by atoms with E-state index in [1.807, 2.05) is 44.3 Å². The van der Waals surface area contributed by atoms with Crippen molar-refractivity contribution in [2.75, 3.05) is 37.4 Å². The van der Waals surface area contributed by atoms with Crippen LogP contribution >= 0.6 is 11.3 Å². The van der Waals surface area contributed by atoms with Crippen molar-refractivity contribution in [2.45, 2.75) is 26.3 Å². The number of aromatic nitrogens is 4. The van der Waals surface area contributed by atoms with Crippen LogP contribution in [0.1, 0.15) is 17.8 Å². The van der Waals surface area contributed by atoms with E-state index in [4.69, 9.17) is 9.97 Å². The number of rotatable bonds is 5. The number of nitrogens with zero attached hydrogens (tertiary/aromatic N) is 6. The molecular formula is C24H27N7S. The number of hydrogen-bond acceptors (Lipinski definition) is 8. The van der Waals surface area contributed by atoms with Crippen molar-refractivity contribution in [3.05, 3.63) is 54.0 Å². The molecule has 164 valence electrons. The second-order valence-electron chi connectivity index (χ2n) is 8.46. The molecule has 1 fully saturated rings. The van der Waals surface area contributed by atoms with Crippen molar-refractivity contribution in [3.63, 3.8) is 0 Å². The molecule has 1 aliphatic rings. The van der Waals surface area contributed by atoms with E-state index in [0.29, 0.717) is 6.04 Å². The Morgan fingerprint density at radius 2 is 1.97 bits per heavy atom. The molecule has 0 unspecified atom stereocenters. The molecule has 0 aliphatic carbocycles. The lowest BCUT2D eigenvalue weighted by Crippen LogP contribution is -2.34. The van der Waals surface area contributed by atoms with E-state index in [1.54, 1.807) is 11.3 Å². The van der Waals surface area contributed by atoms with Gasteiger partial charge < -0.3 is 15.1 Å². The third kappa shape index (κ3) is 4.16. The van der Waals surface area contributed by atoms with Crippen molar-refractivity contribution in [3.8, 4) is 10.6 Å². The zero-order chi connectivity index (χ0) is 22.2. The first-order valence-corrected chi connectivity index (χ1v) is 11.6. The summed E-state index contributed by atoms with van der Waals surface area (Å²) in [6.45, 7) is 6.23. The van der Waals surface area contributed by atoms with Crippen LogP contribution in [0.5, 0.6) is 0 Å². The number of nitrogens with one attached hydrogen (secondary N) is 1. The predicted octanol–water partition coefficient (Wildman–Crippen LogP) is 4.65. The topological polar surface area (TPSA) is 70.1 Å². The minimum atomic E-state index is 0.491. The van der Waals surface area contributed by atoms with E-state index >= 15 is 0 Å². The van der Waals surface area contributed by atoms with E-state index < -0.39 is 0 Å². The number of hydrogen-bond donors (Lipinski definition) is 1. The lowest BCUT2D eigenvalue weighted by molar-refractivity contribution is 0.409. The maximum Gasteiger partial charge on any atom is 0.133 e. The Kier molecular flexibility index (Phi) is 5.48. The van der Waals surface area contributed by atoms with Gasteiger partial charge in [0.2, 0.25) is 0 Å². The third-order valence-electron chi connectivity index (χ3n) is 6.00. The molecule has 0 aromatic carbocycles. The molecule has 5 heterocycles. The van der Waals surface area contributed by atoms with E-state index in [1.165, 1.54) is 0 Å². The van der Waals surface area contributed by atoms with Crippen LogP contribution < -0.4 is 10.2 Å². The molecule has 0 radical (unpaired) electrons. The molecule has 5 rings (SSSR count). The SMILES string of the molecule is Cc1ccc(-c2nc3cc(Nc4cccc(N(C)[C@H]5CCN(C)C5)n4)ncc3s2)c(C)n1. The van der Waals surface area contributed by atoms with Gasteiger partial charge in [-0.3, -0.25) is 4.98 Å². The number of fused-ring (bicyclic) bond motifs is 1. The first kappa shape index (κ1) is 20.8. The van der Waals surface area contributed by atoms with Crippen LogP contribution in [-0.2, 0) is 0 Å². The normalized spacial score (nSPS) is 16.6. The fourth-order valence-electron chi connectivity index (χ4n) is 4.17. The molecule has 0 saturated carbocycles. The summed E-state index contributed by atoms with van der Waals surface area (Å²) < 4.78 is 1.05. The van der Waals surface area contributed by atoms with Gasteiger partial charge in [-0.05, 0) is 58.1 Å². The molecule has 1 saturated heterocycles. The van der Waals surface area contributed by atoms with E-state index in [0.717, 1.165) is 69.1 Å². The molecule has 7 nitrogen and oxygen atoms in total. The second-order valence-corrected chi connectivity index (χ2v) is 9.49. The fourth-order valence-corrected chi connectivity index (χ4v) is 5.16. The molecular weight excluding hydrogens is 418 g/mol. The fraction of sp³-hybridized carbons (Fsp3) is 0.333. The van der Waals surface area contributed by atoms with Gasteiger partial charge in [0.25, 0.3) is 0 Å². The summed E-state index contributed by atoms with van der Waals surface area (Å²) in [7, 11) is 4.29. The molecule has 0 amide bonds. The summed E-state index contributed by atoms with van der Waals surface area (Å²) in [6.07, 6.45) is 3.03. The number of thiazole rings is 1. The van der Waals surface area contributed by atoms with Gasteiger partial charge in [0.05, 0.1) is 10.2 Å². The molecule has 1 aliphatic heterocycles. The zero-order valence-electron chi connectivity index (χ0n) is 18.8. The van der Waals surface area contributed by atoms with Crippen LogP contribution in [0.2, 0.25) is 0 Å². The minimum absolute atomic E-state index is 0.491. The van der Waals surface area contributed by atoms with Gasteiger partial charge in [-0.2, -0.15) is 0 Å². The Morgan fingerprint density at radius 3 is 2.75 bits per heavy atom. The molecule has 1 N–H and O–H groups in total. The number of likely N-dealkylation sites (N-methyl/N-ethyl adjacent to an activating group) is 2. The van der Waals surface area contributed by atoms with E-state index in [9.17, 15) is 0 Å². The van der Waals surface area contributed by atoms with Crippen LogP contribution in [0, 0.1) is 13.8 Å². The highest BCUT2D eigenvalue weighted by Gasteiger charge is 2.24. The summed E-state index contributed by atoms with van der Waals surface area (Å²) in [5, 5.41) is 4.32. The molecule has 0 spiro atoms. The monoisotopic (exact) mass is 445 g/mol. The van der Waals surface area contributed by atoms with E-state index in [-0.39, 0.29) is 0 Å². The largest absolute Gasteiger partial charge is 0.355 e. The molecule has 32 heavy (non-hydrogen) atoms. The predicted molar refractivity (Wildman–Crippen MR) is 132 cm³/mol. The maximum absolute atomic E-state index is 4.85. The highest BCUT2D eigenvalue weighted by molar-refractivity contribution is 7.21. The average molecular weight is 446 g/mol. The zero-order valence-corrected chi connectivity index (χ0v) is 19.6. The van der Waals surface area contributed by atoms with Gasteiger partial charge in [-0.1, -0.05) is 6.07 Å². The summed E-state index contributed by atoms with van der Waals surface area (Å²) in [4.78, 5) is 23.5. The first-order valence-electron chi connectivity index (χ1n) is 10.8. The van der Waals surface area contributed by atoms with Gasteiger partial charge >= 0.3 is 0 Å². The summed E-state index contributed by atoms with van der Waals surface area (Å²) in [5.41, 5.74) is 4.00. The average Bonchev–Trinajstić information content (AvgIpc) is 3.39. The van der Waals surface area contributed by atoms with Crippen LogP contribution in [0.4, 0.5) is 17.5 Å². The quantitative estimate of drug-likeness (QED) is 0.479. The van der Waals surface area contributed by atoms with Crippen LogP contribution in [0.3, 0.4) is 0 Å². The van der Waals surface area contributed by atoms with E-state index in [2.05, 4.69) is 51.3 Å². The Labute approximate surface area is 192 Å². The van der Waals surface area contributed by atoms with Crippen molar-refractivity contribution in [1.29, 1.82) is 0 Å². The van der Waals surface area contributed by atoms with Crippen LogP contribution in [0.15, 0.2) is 42.6 Å². The standard InChI is InChI=1S/C24H27N7S/c1-15-8-9-18(16(2)26-15)24-27-19-12-22(25-13-20(19)32-24)28-21-6-5-7-23(29-21)31(4)17-10-11-30(3)14-17/h5-9,12-13,17H,10-11,14H2,1-4H3,(H,25,28,29)/t17-/m0/s1. The highest BCUT2D eigenvalue weighted by Crippen LogP contribution is 2.32. The number of pyridine rings is 3. The van der Waals surface area contributed by atoms with Gasteiger partial charge in [0.15, 0.2) is 0 Å². The van der Waals surface area contributed by atoms with Crippen molar-refractivity contribution >= 4 is 39.0 Å². The summed E-state index contributed by atoms with van der Waals surface area (Å²) in [5.74, 6) is 2.48. The van der Waals surface area contributed by atoms with Crippen molar-refractivity contribution in [2.24, 2.45) is 0 Å². The Bertz CT molecular complexity index is 1270. The Balaban J connectivity index is 1.37. The molecule has 8 heteroatoms. The molecule has 4 aromatic heterocycles. The van der Waals surface area contributed by atoms with Gasteiger partial charge in [-0.15, -0.1) is 11.3 Å². The lowest BCUT2D eigenvalue weighted by Gasteiger charge is -2.25. The van der Waals surface area contributed by atoms with Gasteiger partial charge in [0, 0.05) is 48.8 Å². The first-order chi connectivity index (χ1) is 15.5. The minimum Gasteiger partial charge on any atom is -0.355 e. The van der Waals surface area contributed by atoms with Gasteiger partial charge in [-0.25, -0.2) is 15.0 Å². The molecule has 1 atom stereocenters. The van der Waals surface area contributed by atoms with Gasteiger partial charge in [0.1, 0.15) is 22.5 Å². The highest BCUT2D eigenvalue weighted by atomic mass is 32.1. The van der Waals surface area contributed by atoms with Crippen LogP contribution in [0.25, 0.3) is 20.8 Å². The number of aryl methyl sites for hydroxylation is 2. The maximum atomic E-state index is 4.85. The smallest absolute Gasteiger partial charge is 0.133 e. The lowest BCUT2D eigenvalue weighted by atomic mass is 10.2. The Morgan fingerprint density at radius 1 is 1.09 bits per heavy atom. The third-order valence-corrected chi connectivity index (χ3v) is 7.04. The number of likely N-dealkylation sites (tertiary alicyclic amines) is 1. The summed E-state index contributed by atoms with van der Waals surface area (Å²) >= 11 is 1.64. The summed E-state index contributed by atoms with van der Waals surface area (Å²) in [6, 6.07) is 12.7. The number of anilines is 3. The van der Waals surface area contributed by atoms with Crippen LogP contribution in [-0.4, -0.2) is 58.1 Å². The second kappa shape index (κ2) is 8.44. The van der Waals surface area contributed by atoms with Crippen molar-refractivity contribution in [1.82, 2.24) is 24.8 Å². The molecule has 0 bridgehead atoms. The Hall–Kier alpha value is -3.10. The van der Waals surface area contributed by atoms with Crippen molar-refractivity contribution < 1.29 is 0 Å². The molecule has 4 aromatic rings.